The molecule has 1 rings (SSSR count). The van der Waals surface area contributed by atoms with Crippen LogP contribution in [0.25, 0.3) is 0 Å². The van der Waals surface area contributed by atoms with Crippen LogP contribution >= 0.6 is 0 Å². The summed E-state index contributed by atoms with van der Waals surface area (Å²) in [6.07, 6.45) is -4.26. The van der Waals surface area contributed by atoms with Gasteiger partial charge in [0.15, 0.2) is 0 Å². The van der Waals surface area contributed by atoms with E-state index in [1.165, 1.54) is 12.1 Å². The summed E-state index contributed by atoms with van der Waals surface area (Å²) in [5.74, 6) is 0. The Morgan fingerprint density at radius 2 is 1.86 bits per heavy atom. The second-order valence-electron chi connectivity index (χ2n) is 2.94. The van der Waals surface area contributed by atoms with Crippen molar-refractivity contribution in [2.45, 2.75) is 19.6 Å². The lowest BCUT2D eigenvalue weighted by molar-refractivity contribution is -0.138. The molecule has 0 bridgehead atoms. The van der Waals surface area contributed by atoms with E-state index in [1.807, 2.05) is 6.92 Å². The van der Waals surface area contributed by atoms with Gasteiger partial charge in [0.2, 0.25) is 0 Å². The fourth-order valence-corrected chi connectivity index (χ4v) is 1.21. The Morgan fingerprint density at radius 3 is 2.43 bits per heavy atom. The van der Waals surface area contributed by atoms with E-state index in [4.69, 9.17) is 0 Å². The molecule has 0 spiro atoms. The third kappa shape index (κ3) is 2.73. The molecule has 0 aliphatic heterocycles. The third-order valence-corrected chi connectivity index (χ3v) is 1.89. The minimum absolute atomic E-state index is 0.256. The SMILES string of the molecule is CCNCc1ccccc1C(F)(F)F. The van der Waals surface area contributed by atoms with Gasteiger partial charge in [0.25, 0.3) is 0 Å². The summed E-state index contributed by atoms with van der Waals surface area (Å²) in [7, 11) is 0. The number of hydrogen-bond donors (Lipinski definition) is 1. The standard InChI is InChI=1S/C10H12F3N/c1-2-14-7-8-5-3-4-6-9(8)10(11,12)13/h3-6,14H,2,7H2,1H3. The van der Waals surface area contributed by atoms with Crippen molar-refractivity contribution < 1.29 is 13.2 Å². The number of benzene rings is 1. The first kappa shape index (κ1) is 11.0. The van der Waals surface area contributed by atoms with Crippen LogP contribution in [0.5, 0.6) is 0 Å². The lowest BCUT2D eigenvalue weighted by atomic mass is 10.1. The highest BCUT2D eigenvalue weighted by atomic mass is 19.4. The van der Waals surface area contributed by atoms with Gasteiger partial charge in [-0.3, -0.25) is 0 Å². The zero-order valence-corrected chi connectivity index (χ0v) is 7.86. The molecule has 14 heavy (non-hydrogen) atoms. The predicted molar refractivity (Wildman–Crippen MR) is 48.8 cm³/mol. The first-order chi connectivity index (χ1) is 6.55. The number of nitrogens with one attached hydrogen (secondary N) is 1. The molecule has 0 amide bonds. The first-order valence-corrected chi connectivity index (χ1v) is 4.41. The van der Waals surface area contributed by atoms with E-state index in [0.717, 1.165) is 6.07 Å². The van der Waals surface area contributed by atoms with E-state index in [2.05, 4.69) is 5.32 Å². The van der Waals surface area contributed by atoms with Gasteiger partial charge in [-0.05, 0) is 18.2 Å². The summed E-state index contributed by atoms with van der Waals surface area (Å²) >= 11 is 0. The Kier molecular flexibility index (Phi) is 3.52. The molecule has 0 aromatic heterocycles. The fourth-order valence-electron chi connectivity index (χ4n) is 1.21. The van der Waals surface area contributed by atoms with Gasteiger partial charge in [-0.2, -0.15) is 13.2 Å². The third-order valence-electron chi connectivity index (χ3n) is 1.89. The van der Waals surface area contributed by atoms with Crippen LogP contribution in [0, 0.1) is 0 Å². The molecule has 4 heteroatoms. The van der Waals surface area contributed by atoms with Gasteiger partial charge in [-0.25, -0.2) is 0 Å². The van der Waals surface area contributed by atoms with Crippen LogP contribution in [0.1, 0.15) is 18.1 Å². The topological polar surface area (TPSA) is 12.0 Å². The van der Waals surface area contributed by atoms with Crippen molar-refractivity contribution in [3.05, 3.63) is 35.4 Å². The lowest BCUT2D eigenvalue weighted by Crippen LogP contribution is -2.16. The van der Waals surface area contributed by atoms with E-state index in [1.54, 1.807) is 6.07 Å². The average molecular weight is 203 g/mol. The minimum Gasteiger partial charge on any atom is -0.313 e. The molecule has 1 N–H and O–H groups in total. The van der Waals surface area contributed by atoms with Gasteiger partial charge < -0.3 is 5.32 Å². The second-order valence-corrected chi connectivity index (χ2v) is 2.94. The van der Waals surface area contributed by atoms with Gasteiger partial charge in [0.1, 0.15) is 0 Å². The molecular weight excluding hydrogens is 191 g/mol. The maximum atomic E-state index is 12.4. The quantitative estimate of drug-likeness (QED) is 0.796. The zero-order chi connectivity index (χ0) is 10.6. The van der Waals surface area contributed by atoms with Crippen LogP contribution < -0.4 is 5.32 Å². The van der Waals surface area contributed by atoms with Crippen molar-refractivity contribution in [2.75, 3.05) is 6.54 Å². The summed E-state index contributed by atoms with van der Waals surface area (Å²) in [5.41, 5.74) is -0.261. The Morgan fingerprint density at radius 1 is 1.21 bits per heavy atom. The van der Waals surface area contributed by atoms with E-state index >= 15 is 0 Å². The zero-order valence-electron chi connectivity index (χ0n) is 7.86. The smallest absolute Gasteiger partial charge is 0.313 e. The molecular formula is C10H12F3N. The van der Waals surface area contributed by atoms with Crippen molar-refractivity contribution in [1.29, 1.82) is 0 Å². The molecule has 0 heterocycles. The van der Waals surface area contributed by atoms with Crippen molar-refractivity contribution in [3.63, 3.8) is 0 Å². The van der Waals surface area contributed by atoms with Crippen molar-refractivity contribution in [2.24, 2.45) is 0 Å². The summed E-state index contributed by atoms with van der Waals surface area (Å²) in [5, 5.41) is 2.88. The fraction of sp³-hybridized carbons (Fsp3) is 0.400. The molecule has 1 aromatic carbocycles. The lowest BCUT2D eigenvalue weighted by Gasteiger charge is -2.12. The Hall–Kier alpha value is -1.03. The van der Waals surface area contributed by atoms with Crippen molar-refractivity contribution in [1.82, 2.24) is 5.32 Å². The van der Waals surface area contributed by atoms with Crippen LogP contribution in [0.15, 0.2) is 24.3 Å². The number of alkyl halides is 3. The molecule has 0 atom stereocenters. The Labute approximate surface area is 80.9 Å². The average Bonchev–Trinajstić information content (AvgIpc) is 2.14. The van der Waals surface area contributed by atoms with Crippen molar-refractivity contribution in [3.8, 4) is 0 Å². The van der Waals surface area contributed by atoms with Gasteiger partial charge in [0, 0.05) is 6.54 Å². The van der Waals surface area contributed by atoms with Crippen molar-refractivity contribution >= 4 is 0 Å². The summed E-state index contributed by atoms with van der Waals surface area (Å²) in [6.45, 7) is 2.77. The maximum Gasteiger partial charge on any atom is 0.416 e. The van der Waals surface area contributed by atoms with Crippen LogP contribution in [-0.2, 0) is 12.7 Å². The van der Waals surface area contributed by atoms with E-state index in [0.29, 0.717) is 12.1 Å². The van der Waals surface area contributed by atoms with Crippen LogP contribution in [0.4, 0.5) is 13.2 Å². The normalized spacial score (nSPS) is 11.7. The molecule has 0 fully saturated rings. The first-order valence-electron chi connectivity index (χ1n) is 4.41. The van der Waals surface area contributed by atoms with E-state index < -0.39 is 11.7 Å². The van der Waals surface area contributed by atoms with E-state index in [-0.39, 0.29) is 6.54 Å². The van der Waals surface area contributed by atoms with Crippen LogP contribution in [0.2, 0.25) is 0 Å². The van der Waals surface area contributed by atoms with E-state index in [9.17, 15) is 13.2 Å². The van der Waals surface area contributed by atoms with Gasteiger partial charge >= 0.3 is 6.18 Å². The molecule has 0 saturated heterocycles. The highest BCUT2D eigenvalue weighted by Gasteiger charge is 2.32. The molecule has 0 unspecified atom stereocenters. The van der Waals surface area contributed by atoms with Gasteiger partial charge in [-0.1, -0.05) is 25.1 Å². The predicted octanol–water partition coefficient (Wildman–Crippen LogP) is 2.81. The second kappa shape index (κ2) is 4.46. The Bertz CT molecular complexity index is 294. The minimum atomic E-state index is -4.26. The molecule has 0 aliphatic rings. The molecule has 0 aliphatic carbocycles. The largest absolute Gasteiger partial charge is 0.416 e. The maximum absolute atomic E-state index is 12.4. The molecule has 0 radical (unpaired) electrons. The number of hydrogen-bond acceptors (Lipinski definition) is 1. The highest BCUT2D eigenvalue weighted by molar-refractivity contribution is 5.29. The number of rotatable bonds is 3. The highest BCUT2D eigenvalue weighted by Crippen LogP contribution is 2.31. The van der Waals surface area contributed by atoms with Crippen LogP contribution in [-0.4, -0.2) is 6.54 Å². The molecule has 1 nitrogen and oxygen atoms in total. The van der Waals surface area contributed by atoms with Crippen LogP contribution in [0.3, 0.4) is 0 Å². The number of halogens is 3. The summed E-state index contributed by atoms with van der Waals surface area (Å²) in [6, 6.07) is 5.61. The monoisotopic (exact) mass is 203 g/mol. The van der Waals surface area contributed by atoms with Gasteiger partial charge in [-0.15, -0.1) is 0 Å². The van der Waals surface area contributed by atoms with Gasteiger partial charge in [0.05, 0.1) is 5.56 Å². The molecule has 1 aromatic rings. The Balaban J connectivity index is 2.92. The summed E-state index contributed by atoms with van der Waals surface area (Å²) < 4.78 is 37.3. The summed E-state index contributed by atoms with van der Waals surface area (Å²) in [4.78, 5) is 0. The molecule has 0 saturated carbocycles. The molecule has 78 valence electrons.